The van der Waals surface area contributed by atoms with Gasteiger partial charge in [0.2, 0.25) is 5.75 Å². The number of halogens is 3. The van der Waals surface area contributed by atoms with E-state index in [2.05, 4.69) is 14.7 Å². The smallest absolute Gasteiger partial charge is 0.398 e. The van der Waals surface area contributed by atoms with Gasteiger partial charge in [0.15, 0.2) is 0 Å². The zero-order valence-electron chi connectivity index (χ0n) is 12.2. The minimum Gasteiger partial charge on any atom is -0.398 e. The topological polar surface area (TPSA) is 98.1 Å². The number of ether oxygens (including phenoxy) is 1. The van der Waals surface area contributed by atoms with Gasteiger partial charge in [-0.15, -0.1) is 13.2 Å². The second kappa shape index (κ2) is 5.89. The standard InChI is InChI=1S/C15H8F3N3O4/c16-15(17,18)25-12-6-5-8(7-11(12)21(23)24)13-19-10-4-2-1-3-9(10)14(22)20-13/h1-7H,(H,19,20,22). The van der Waals surface area contributed by atoms with Crippen molar-refractivity contribution >= 4 is 16.6 Å². The molecule has 0 spiro atoms. The first-order valence-corrected chi connectivity index (χ1v) is 6.78. The lowest BCUT2D eigenvalue weighted by Gasteiger charge is -2.10. The highest BCUT2D eigenvalue weighted by atomic mass is 19.4. The molecule has 3 rings (SSSR count). The number of H-pyrrole nitrogens is 1. The Kier molecular flexibility index (Phi) is 3.87. The minimum atomic E-state index is -5.07. The second-order valence-corrected chi connectivity index (χ2v) is 4.92. The van der Waals surface area contributed by atoms with Gasteiger partial charge >= 0.3 is 12.0 Å². The number of para-hydroxylation sites is 1. The van der Waals surface area contributed by atoms with Gasteiger partial charge < -0.3 is 9.72 Å². The number of hydrogen-bond acceptors (Lipinski definition) is 5. The summed E-state index contributed by atoms with van der Waals surface area (Å²) in [5.74, 6) is -0.963. The molecule has 0 aliphatic rings. The Morgan fingerprint density at radius 2 is 1.88 bits per heavy atom. The van der Waals surface area contributed by atoms with E-state index in [0.29, 0.717) is 10.9 Å². The van der Waals surface area contributed by atoms with E-state index < -0.39 is 28.3 Å². The van der Waals surface area contributed by atoms with Crippen molar-refractivity contribution in [2.24, 2.45) is 0 Å². The van der Waals surface area contributed by atoms with Crippen LogP contribution in [0.1, 0.15) is 0 Å². The van der Waals surface area contributed by atoms with Crippen molar-refractivity contribution in [3.05, 3.63) is 62.9 Å². The fraction of sp³-hybridized carbons (Fsp3) is 0.0667. The maximum atomic E-state index is 12.3. The van der Waals surface area contributed by atoms with Crippen LogP contribution in [0, 0.1) is 10.1 Å². The molecule has 128 valence electrons. The molecule has 25 heavy (non-hydrogen) atoms. The average Bonchev–Trinajstić information content (AvgIpc) is 2.53. The van der Waals surface area contributed by atoms with Gasteiger partial charge in [0.1, 0.15) is 5.82 Å². The largest absolute Gasteiger partial charge is 0.573 e. The Hall–Kier alpha value is -3.43. The first-order chi connectivity index (χ1) is 11.7. The highest BCUT2D eigenvalue weighted by molar-refractivity contribution is 5.79. The molecule has 0 atom stereocenters. The first-order valence-electron chi connectivity index (χ1n) is 6.78. The summed E-state index contributed by atoms with van der Waals surface area (Å²) in [4.78, 5) is 28.7. The van der Waals surface area contributed by atoms with E-state index in [0.717, 1.165) is 18.2 Å². The van der Waals surface area contributed by atoms with Gasteiger partial charge in [-0.2, -0.15) is 0 Å². The molecule has 10 heteroatoms. The van der Waals surface area contributed by atoms with Gasteiger partial charge in [0, 0.05) is 11.6 Å². The van der Waals surface area contributed by atoms with Crippen LogP contribution in [-0.2, 0) is 0 Å². The van der Waals surface area contributed by atoms with Crippen molar-refractivity contribution in [2.45, 2.75) is 6.36 Å². The molecule has 1 heterocycles. The van der Waals surface area contributed by atoms with Gasteiger partial charge in [-0.1, -0.05) is 12.1 Å². The Morgan fingerprint density at radius 1 is 1.16 bits per heavy atom. The molecule has 0 bridgehead atoms. The maximum absolute atomic E-state index is 12.3. The van der Waals surface area contributed by atoms with Crippen molar-refractivity contribution in [3.63, 3.8) is 0 Å². The van der Waals surface area contributed by atoms with Crippen molar-refractivity contribution in [1.82, 2.24) is 9.97 Å². The molecule has 0 saturated heterocycles. The first kappa shape index (κ1) is 16.4. The average molecular weight is 351 g/mol. The normalized spacial score (nSPS) is 11.5. The van der Waals surface area contributed by atoms with Crippen LogP contribution in [0.3, 0.4) is 0 Å². The Bertz CT molecular complexity index is 1030. The van der Waals surface area contributed by atoms with Crippen molar-refractivity contribution in [1.29, 1.82) is 0 Å². The summed E-state index contributed by atoms with van der Waals surface area (Å²) >= 11 is 0. The predicted molar refractivity (Wildman–Crippen MR) is 81.1 cm³/mol. The van der Waals surface area contributed by atoms with Gasteiger partial charge in [-0.05, 0) is 24.3 Å². The Balaban J connectivity index is 2.13. The number of rotatable bonds is 3. The van der Waals surface area contributed by atoms with E-state index in [4.69, 9.17) is 0 Å². The van der Waals surface area contributed by atoms with Crippen LogP contribution >= 0.6 is 0 Å². The number of alkyl halides is 3. The molecule has 1 aromatic heterocycles. The number of aromatic amines is 1. The maximum Gasteiger partial charge on any atom is 0.573 e. The van der Waals surface area contributed by atoms with Crippen molar-refractivity contribution < 1.29 is 22.8 Å². The predicted octanol–water partition coefficient (Wildman–Crippen LogP) is 3.40. The van der Waals surface area contributed by atoms with Crippen LogP contribution in [0.2, 0.25) is 0 Å². The van der Waals surface area contributed by atoms with Crippen LogP contribution in [0.4, 0.5) is 18.9 Å². The molecule has 0 radical (unpaired) electrons. The van der Waals surface area contributed by atoms with E-state index in [1.807, 2.05) is 0 Å². The zero-order chi connectivity index (χ0) is 18.2. The zero-order valence-corrected chi connectivity index (χ0v) is 12.2. The van der Waals surface area contributed by atoms with Gasteiger partial charge in [-0.3, -0.25) is 14.9 Å². The summed E-state index contributed by atoms with van der Waals surface area (Å²) in [6.45, 7) is 0. The van der Waals surface area contributed by atoms with E-state index in [1.165, 1.54) is 0 Å². The van der Waals surface area contributed by atoms with E-state index in [-0.39, 0.29) is 11.4 Å². The lowest BCUT2D eigenvalue weighted by molar-refractivity contribution is -0.388. The Morgan fingerprint density at radius 3 is 2.56 bits per heavy atom. The molecule has 1 N–H and O–H groups in total. The van der Waals surface area contributed by atoms with Crippen LogP contribution < -0.4 is 10.3 Å². The SMILES string of the molecule is O=c1[nH]c(-c2ccc(OC(F)(F)F)c([N+](=O)[O-])c2)nc2ccccc12. The van der Waals surface area contributed by atoms with Crippen LogP contribution in [0.25, 0.3) is 22.3 Å². The highest BCUT2D eigenvalue weighted by Gasteiger charge is 2.34. The Labute approximate surface area is 136 Å². The molecule has 3 aromatic rings. The number of aromatic nitrogens is 2. The molecular formula is C15H8F3N3O4. The number of nitro benzene ring substituents is 1. The molecule has 2 aromatic carbocycles. The summed E-state index contributed by atoms with van der Waals surface area (Å²) in [7, 11) is 0. The van der Waals surface area contributed by atoms with Gasteiger partial charge in [0.05, 0.1) is 15.8 Å². The molecule has 0 unspecified atom stereocenters. The number of hydrogen-bond donors (Lipinski definition) is 1. The lowest BCUT2D eigenvalue weighted by Crippen LogP contribution is -2.18. The quantitative estimate of drug-likeness (QED) is 0.576. The van der Waals surface area contributed by atoms with E-state index >= 15 is 0 Å². The van der Waals surface area contributed by atoms with Gasteiger partial charge in [-0.25, -0.2) is 4.98 Å². The van der Waals surface area contributed by atoms with Crippen LogP contribution in [0.15, 0.2) is 47.3 Å². The summed E-state index contributed by atoms with van der Waals surface area (Å²) in [5, 5.41) is 11.4. The number of nitro groups is 1. The summed E-state index contributed by atoms with van der Waals surface area (Å²) < 4.78 is 40.6. The molecule has 0 aliphatic carbocycles. The highest BCUT2D eigenvalue weighted by Crippen LogP contribution is 2.34. The number of fused-ring (bicyclic) bond motifs is 1. The van der Waals surface area contributed by atoms with Crippen molar-refractivity contribution in [2.75, 3.05) is 0 Å². The molecule has 7 nitrogen and oxygen atoms in total. The molecule has 0 fully saturated rings. The lowest BCUT2D eigenvalue weighted by atomic mass is 10.1. The summed E-state index contributed by atoms with van der Waals surface area (Å²) in [6.07, 6.45) is -5.07. The number of nitrogens with one attached hydrogen (secondary N) is 1. The number of nitrogens with zero attached hydrogens (tertiary/aromatic N) is 2. The van der Waals surface area contributed by atoms with Crippen LogP contribution in [0.5, 0.6) is 5.75 Å². The third-order valence-electron chi connectivity index (χ3n) is 3.27. The summed E-state index contributed by atoms with van der Waals surface area (Å²) in [5.41, 5.74) is -0.951. The number of benzene rings is 2. The summed E-state index contributed by atoms with van der Waals surface area (Å²) in [6, 6.07) is 9.22. The molecule has 0 saturated carbocycles. The monoisotopic (exact) mass is 351 g/mol. The molecule has 0 amide bonds. The fourth-order valence-electron chi connectivity index (χ4n) is 2.24. The van der Waals surface area contributed by atoms with Gasteiger partial charge in [0.25, 0.3) is 5.56 Å². The second-order valence-electron chi connectivity index (χ2n) is 4.92. The third kappa shape index (κ3) is 3.42. The molecular weight excluding hydrogens is 343 g/mol. The van der Waals surface area contributed by atoms with Crippen LogP contribution in [-0.4, -0.2) is 21.3 Å². The van der Waals surface area contributed by atoms with E-state index in [9.17, 15) is 28.1 Å². The third-order valence-corrected chi connectivity index (χ3v) is 3.27. The fourth-order valence-corrected chi connectivity index (χ4v) is 2.24. The minimum absolute atomic E-state index is 0.00893. The van der Waals surface area contributed by atoms with Crippen molar-refractivity contribution in [3.8, 4) is 17.1 Å². The van der Waals surface area contributed by atoms with E-state index in [1.54, 1.807) is 24.3 Å². The molecule has 0 aliphatic heterocycles.